The molecule has 2 atom stereocenters. The lowest BCUT2D eigenvalue weighted by Crippen LogP contribution is -2.47. The fraction of sp³-hybridized carbons (Fsp3) is 0.667. The Hall–Kier alpha value is -0.830. The Morgan fingerprint density at radius 2 is 2.42 bits per heavy atom. The Labute approximate surface area is 73.2 Å². The van der Waals surface area contributed by atoms with E-state index in [0.717, 1.165) is 19.5 Å². The first-order valence-corrected chi connectivity index (χ1v) is 4.28. The van der Waals surface area contributed by atoms with Crippen LogP contribution >= 0.6 is 0 Å². The molecule has 12 heavy (non-hydrogen) atoms. The first kappa shape index (κ1) is 9.26. The van der Waals surface area contributed by atoms with Crippen LogP contribution in [0.2, 0.25) is 0 Å². The molecule has 0 aromatic rings. The zero-order valence-electron chi connectivity index (χ0n) is 7.49. The van der Waals surface area contributed by atoms with Crippen LogP contribution in [0.15, 0.2) is 12.7 Å². The van der Waals surface area contributed by atoms with E-state index in [-0.39, 0.29) is 17.9 Å². The monoisotopic (exact) mass is 168 g/mol. The first-order chi connectivity index (χ1) is 5.65. The van der Waals surface area contributed by atoms with Gasteiger partial charge >= 0.3 is 0 Å². The number of likely N-dealkylation sites (tertiary alicyclic amines) is 1. The quantitative estimate of drug-likeness (QED) is 0.575. The van der Waals surface area contributed by atoms with Crippen LogP contribution in [0.4, 0.5) is 0 Å². The van der Waals surface area contributed by atoms with Gasteiger partial charge in [0.2, 0.25) is 5.91 Å². The second-order valence-corrected chi connectivity index (χ2v) is 3.32. The summed E-state index contributed by atoms with van der Waals surface area (Å²) in [6, 6.07) is 0.179. The smallest absolute Gasteiger partial charge is 0.219 e. The van der Waals surface area contributed by atoms with Gasteiger partial charge in [0.1, 0.15) is 0 Å². The summed E-state index contributed by atoms with van der Waals surface area (Å²) in [5.74, 6) is 0.399. The molecular weight excluding hydrogens is 152 g/mol. The Bertz CT molecular complexity index is 191. The molecule has 0 aromatic heterocycles. The van der Waals surface area contributed by atoms with Crippen molar-refractivity contribution < 1.29 is 4.79 Å². The maximum absolute atomic E-state index is 11.0. The summed E-state index contributed by atoms with van der Waals surface area (Å²) in [5, 5.41) is 0. The number of nitrogens with zero attached hydrogens (tertiary/aromatic N) is 1. The normalized spacial score (nSPS) is 30.0. The number of amides is 1. The van der Waals surface area contributed by atoms with E-state index < -0.39 is 0 Å². The largest absolute Gasteiger partial charge is 0.342 e. The fourth-order valence-corrected chi connectivity index (χ4v) is 1.54. The van der Waals surface area contributed by atoms with E-state index in [0.29, 0.717) is 0 Å². The van der Waals surface area contributed by atoms with E-state index in [9.17, 15) is 4.79 Å². The second kappa shape index (κ2) is 3.72. The molecule has 1 amide bonds. The van der Waals surface area contributed by atoms with Gasteiger partial charge in [0.15, 0.2) is 0 Å². The lowest BCUT2D eigenvalue weighted by atomic mass is 9.93. The van der Waals surface area contributed by atoms with E-state index >= 15 is 0 Å². The molecule has 1 aliphatic rings. The predicted octanol–water partition coefficient (Wildman–Crippen LogP) is 0.368. The van der Waals surface area contributed by atoms with Gasteiger partial charge in [-0.25, -0.2) is 0 Å². The summed E-state index contributed by atoms with van der Waals surface area (Å²) >= 11 is 0. The molecule has 1 rings (SSSR count). The maximum atomic E-state index is 11.0. The lowest BCUT2D eigenvalue weighted by molar-refractivity contribution is -0.130. The van der Waals surface area contributed by atoms with E-state index in [1.165, 1.54) is 0 Å². The molecule has 1 aliphatic heterocycles. The van der Waals surface area contributed by atoms with Crippen molar-refractivity contribution in [1.29, 1.82) is 0 Å². The SMILES string of the molecule is C=CC1CN(C(C)=O)CCC1N. The van der Waals surface area contributed by atoms with Gasteiger partial charge in [-0.15, -0.1) is 6.58 Å². The molecule has 0 radical (unpaired) electrons. The van der Waals surface area contributed by atoms with Crippen LogP contribution in [0.1, 0.15) is 13.3 Å². The van der Waals surface area contributed by atoms with Crippen LogP contribution in [-0.2, 0) is 4.79 Å². The van der Waals surface area contributed by atoms with Crippen LogP contribution in [0.25, 0.3) is 0 Å². The Kier molecular flexibility index (Phi) is 2.87. The Morgan fingerprint density at radius 3 is 2.92 bits per heavy atom. The summed E-state index contributed by atoms with van der Waals surface area (Å²) in [4.78, 5) is 12.8. The minimum atomic E-state index is 0.133. The molecule has 3 heteroatoms. The molecule has 0 saturated carbocycles. The van der Waals surface area contributed by atoms with Crippen molar-refractivity contribution in [2.24, 2.45) is 11.7 Å². The molecule has 0 aromatic carbocycles. The fourth-order valence-electron chi connectivity index (χ4n) is 1.54. The minimum absolute atomic E-state index is 0.133. The van der Waals surface area contributed by atoms with E-state index in [4.69, 9.17) is 5.73 Å². The highest BCUT2D eigenvalue weighted by Gasteiger charge is 2.25. The highest BCUT2D eigenvalue weighted by molar-refractivity contribution is 5.73. The molecule has 1 fully saturated rings. The molecule has 68 valence electrons. The van der Waals surface area contributed by atoms with Gasteiger partial charge in [-0.05, 0) is 6.42 Å². The topological polar surface area (TPSA) is 46.3 Å². The molecule has 0 aliphatic carbocycles. The number of hydrogen-bond donors (Lipinski definition) is 1. The van der Waals surface area contributed by atoms with Crippen LogP contribution < -0.4 is 5.73 Å². The molecule has 0 bridgehead atoms. The average Bonchev–Trinajstić information content (AvgIpc) is 2.05. The van der Waals surface area contributed by atoms with Gasteiger partial charge in [0.05, 0.1) is 0 Å². The van der Waals surface area contributed by atoms with E-state index in [1.807, 2.05) is 11.0 Å². The van der Waals surface area contributed by atoms with Crippen molar-refractivity contribution in [3.8, 4) is 0 Å². The van der Waals surface area contributed by atoms with Gasteiger partial charge in [-0.1, -0.05) is 6.08 Å². The number of carbonyl (C=O) groups excluding carboxylic acids is 1. The summed E-state index contributed by atoms with van der Waals surface area (Å²) in [6.07, 6.45) is 2.73. The van der Waals surface area contributed by atoms with Gasteiger partial charge < -0.3 is 10.6 Å². The van der Waals surface area contributed by atoms with Crippen LogP contribution in [0, 0.1) is 5.92 Å². The summed E-state index contributed by atoms with van der Waals surface area (Å²) < 4.78 is 0. The standard InChI is InChI=1S/C9H16N2O/c1-3-8-6-11(7(2)12)5-4-9(8)10/h3,8-9H,1,4-6,10H2,2H3. The van der Waals surface area contributed by atoms with Crippen LogP contribution in [0.3, 0.4) is 0 Å². The third-order valence-electron chi connectivity index (χ3n) is 2.46. The molecule has 1 saturated heterocycles. The Morgan fingerprint density at radius 1 is 1.75 bits per heavy atom. The van der Waals surface area contributed by atoms with Crippen molar-refractivity contribution in [3.05, 3.63) is 12.7 Å². The molecule has 0 spiro atoms. The third-order valence-corrected chi connectivity index (χ3v) is 2.46. The molecule has 2 N–H and O–H groups in total. The zero-order valence-corrected chi connectivity index (χ0v) is 7.49. The molecule has 1 heterocycles. The average molecular weight is 168 g/mol. The van der Waals surface area contributed by atoms with E-state index in [2.05, 4.69) is 6.58 Å². The van der Waals surface area contributed by atoms with Crippen LogP contribution in [-0.4, -0.2) is 29.9 Å². The minimum Gasteiger partial charge on any atom is -0.342 e. The van der Waals surface area contributed by atoms with Gasteiger partial charge in [0, 0.05) is 32.0 Å². The first-order valence-electron chi connectivity index (χ1n) is 4.28. The van der Waals surface area contributed by atoms with Crippen molar-refractivity contribution in [3.63, 3.8) is 0 Å². The predicted molar refractivity (Wildman–Crippen MR) is 48.5 cm³/mol. The number of hydrogen-bond acceptors (Lipinski definition) is 2. The third kappa shape index (κ3) is 1.85. The highest BCUT2D eigenvalue weighted by atomic mass is 16.2. The van der Waals surface area contributed by atoms with Crippen molar-refractivity contribution in [2.75, 3.05) is 13.1 Å². The maximum Gasteiger partial charge on any atom is 0.219 e. The van der Waals surface area contributed by atoms with Crippen molar-refractivity contribution in [1.82, 2.24) is 4.90 Å². The van der Waals surface area contributed by atoms with Gasteiger partial charge in [-0.3, -0.25) is 4.79 Å². The highest BCUT2D eigenvalue weighted by Crippen LogP contribution is 2.16. The Balaban J connectivity index is 2.55. The van der Waals surface area contributed by atoms with Gasteiger partial charge in [0.25, 0.3) is 0 Å². The second-order valence-electron chi connectivity index (χ2n) is 3.32. The number of carbonyl (C=O) groups is 1. The van der Waals surface area contributed by atoms with Gasteiger partial charge in [-0.2, -0.15) is 0 Å². The summed E-state index contributed by atoms with van der Waals surface area (Å²) in [6.45, 7) is 6.83. The molecule has 2 unspecified atom stereocenters. The van der Waals surface area contributed by atoms with Crippen molar-refractivity contribution >= 4 is 5.91 Å². The number of nitrogens with two attached hydrogens (primary N) is 1. The molecule has 3 nitrogen and oxygen atoms in total. The van der Waals surface area contributed by atoms with Crippen LogP contribution in [0.5, 0.6) is 0 Å². The summed E-state index contributed by atoms with van der Waals surface area (Å²) in [7, 11) is 0. The lowest BCUT2D eigenvalue weighted by Gasteiger charge is -2.34. The number of rotatable bonds is 1. The summed E-state index contributed by atoms with van der Waals surface area (Å²) in [5.41, 5.74) is 5.84. The zero-order chi connectivity index (χ0) is 9.14. The van der Waals surface area contributed by atoms with Crippen molar-refractivity contribution in [2.45, 2.75) is 19.4 Å². The number of piperidine rings is 1. The molecular formula is C9H16N2O. The van der Waals surface area contributed by atoms with E-state index in [1.54, 1.807) is 6.92 Å².